The molecule has 0 aliphatic rings. The van der Waals surface area contributed by atoms with Gasteiger partial charge in [-0.25, -0.2) is 9.78 Å². The fourth-order valence-corrected chi connectivity index (χ4v) is 4.95. The number of ether oxygens (including phenoxy) is 2. The van der Waals surface area contributed by atoms with Gasteiger partial charge in [-0.15, -0.1) is 0 Å². The summed E-state index contributed by atoms with van der Waals surface area (Å²) in [6.45, 7) is 5.98. The number of hydrogen-bond acceptors (Lipinski definition) is 7. The Labute approximate surface area is 255 Å². The van der Waals surface area contributed by atoms with Gasteiger partial charge >= 0.3 is 12.1 Å². The van der Waals surface area contributed by atoms with Crippen LogP contribution >= 0.6 is 0 Å². The Morgan fingerprint density at radius 1 is 0.955 bits per heavy atom. The number of carboxylic acid groups (broad SMARTS) is 1. The summed E-state index contributed by atoms with van der Waals surface area (Å²) in [5.74, 6) is 1.00. The Morgan fingerprint density at radius 2 is 1.73 bits per heavy atom. The van der Waals surface area contributed by atoms with E-state index in [1.54, 1.807) is 13.8 Å². The number of carboxylic acids is 1. The van der Waals surface area contributed by atoms with Gasteiger partial charge in [0.25, 0.3) is 0 Å². The standard InChI is InChI=1S/C35H35N3O6/c1-22(2)43-35(41)37-21-27-20-28(14-12-24(27)13-15-33(39)40)42-19-17-31-23(3)44-34(38-31)26-10-8-25(9-11-26)29-16-18-36-32-7-5-4-6-30(29)32/h4-12,14,16,18,20,22H,13,15,17,19,21H2,1-3H3,(H,37,41)(H,39,40). The van der Waals surface area contributed by atoms with Crippen LogP contribution in [0.15, 0.2) is 83.4 Å². The number of aryl methyl sites for hydroxylation is 2. The number of amides is 1. The normalized spacial score (nSPS) is 11.1. The van der Waals surface area contributed by atoms with E-state index < -0.39 is 12.1 Å². The van der Waals surface area contributed by atoms with Crippen molar-refractivity contribution in [2.75, 3.05) is 6.61 Å². The summed E-state index contributed by atoms with van der Waals surface area (Å²) in [5, 5.41) is 12.9. The van der Waals surface area contributed by atoms with Crippen molar-refractivity contribution in [3.63, 3.8) is 0 Å². The lowest BCUT2D eigenvalue weighted by molar-refractivity contribution is -0.136. The summed E-state index contributed by atoms with van der Waals surface area (Å²) in [4.78, 5) is 32.3. The van der Waals surface area contributed by atoms with E-state index in [0.29, 0.717) is 31.1 Å². The monoisotopic (exact) mass is 593 g/mol. The first-order valence-corrected chi connectivity index (χ1v) is 14.6. The molecule has 5 aromatic rings. The Morgan fingerprint density at radius 3 is 2.50 bits per heavy atom. The first kappa shape index (κ1) is 30.3. The molecule has 5 rings (SSSR count). The molecule has 0 spiro atoms. The minimum Gasteiger partial charge on any atom is -0.493 e. The van der Waals surface area contributed by atoms with Crippen LogP contribution in [0.5, 0.6) is 5.75 Å². The predicted molar refractivity (Wildman–Crippen MR) is 167 cm³/mol. The molecule has 0 unspecified atom stereocenters. The van der Waals surface area contributed by atoms with Crippen molar-refractivity contribution in [2.45, 2.75) is 52.7 Å². The quantitative estimate of drug-likeness (QED) is 0.156. The van der Waals surface area contributed by atoms with Crippen LogP contribution in [0.4, 0.5) is 4.79 Å². The maximum atomic E-state index is 12.0. The lowest BCUT2D eigenvalue weighted by Crippen LogP contribution is -2.26. The molecular formula is C35H35N3O6. The van der Waals surface area contributed by atoms with Crippen LogP contribution in [0.2, 0.25) is 0 Å². The molecule has 0 aliphatic carbocycles. The highest BCUT2D eigenvalue weighted by molar-refractivity contribution is 5.94. The number of fused-ring (bicyclic) bond motifs is 1. The number of nitrogens with zero attached hydrogens (tertiary/aromatic N) is 2. The van der Waals surface area contributed by atoms with Gasteiger partial charge in [0.05, 0.1) is 23.9 Å². The number of carbonyl (C=O) groups excluding carboxylic acids is 1. The largest absolute Gasteiger partial charge is 0.493 e. The average molecular weight is 594 g/mol. The molecule has 0 atom stereocenters. The number of aromatic nitrogens is 2. The first-order valence-electron chi connectivity index (χ1n) is 14.6. The number of alkyl carbamates (subject to hydrolysis) is 1. The summed E-state index contributed by atoms with van der Waals surface area (Å²) in [5.41, 5.74) is 6.44. The number of pyridine rings is 1. The highest BCUT2D eigenvalue weighted by Crippen LogP contribution is 2.30. The molecule has 0 radical (unpaired) electrons. The molecule has 0 aliphatic heterocycles. The van der Waals surface area contributed by atoms with E-state index in [2.05, 4.69) is 28.5 Å². The molecule has 3 aromatic carbocycles. The SMILES string of the molecule is Cc1oc(-c2ccc(-c3ccnc4ccccc34)cc2)nc1CCOc1ccc(CCC(=O)O)c(CNC(=O)OC(C)C)c1. The van der Waals surface area contributed by atoms with Crippen molar-refractivity contribution in [3.8, 4) is 28.3 Å². The molecule has 9 nitrogen and oxygen atoms in total. The lowest BCUT2D eigenvalue weighted by atomic mass is 10.0. The zero-order valence-corrected chi connectivity index (χ0v) is 25.0. The second-order valence-corrected chi connectivity index (χ2v) is 10.7. The average Bonchev–Trinajstić information content (AvgIpc) is 3.39. The molecule has 9 heteroatoms. The number of aliphatic carboxylic acids is 1. The number of carbonyl (C=O) groups is 2. The van der Waals surface area contributed by atoms with Crippen LogP contribution in [-0.4, -0.2) is 39.8 Å². The lowest BCUT2D eigenvalue weighted by Gasteiger charge is -2.14. The molecule has 0 fully saturated rings. The third-order valence-corrected chi connectivity index (χ3v) is 7.14. The summed E-state index contributed by atoms with van der Waals surface area (Å²) >= 11 is 0. The van der Waals surface area contributed by atoms with Gasteiger partial charge < -0.3 is 24.3 Å². The highest BCUT2D eigenvalue weighted by atomic mass is 16.6. The van der Waals surface area contributed by atoms with E-state index in [9.17, 15) is 9.59 Å². The number of rotatable bonds is 12. The third-order valence-electron chi connectivity index (χ3n) is 7.14. The molecule has 0 saturated heterocycles. The van der Waals surface area contributed by atoms with E-state index >= 15 is 0 Å². The van der Waals surface area contributed by atoms with Crippen LogP contribution in [0.3, 0.4) is 0 Å². The maximum Gasteiger partial charge on any atom is 0.407 e. The number of benzene rings is 3. The van der Waals surface area contributed by atoms with Gasteiger partial charge in [-0.3, -0.25) is 9.78 Å². The van der Waals surface area contributed by atoms with Gasteiger partial charge in [0.2, 0.25) is 5.89 Å². The van der Waals surface area contributed by atoms with Crippen molar-refractivity contribution in [1.82, 2.24) is 15.3 Å². The van der Waals surface area contributed by atoms with E-state index in [0.717, 1.165) is 50.2 Å². The summed E-state index contributed by atoms with van der Waals surface area (Å²) in [7, 11) is 0. The zero-order valence-electron chi connectivity index (χ0n) is 25.0. The van der Waals surface area contributed by atoms with Crippen LogP contribution < -0.4 is 10.1 Å². The third kappa shape index (κ3) is 7.60. The molecule has 44 heavy (non-hydrogen) atoms. The van der Waals surface area contributed by atoms with Gasteiger partial charge in [-0.05, 0) is 85.8 Å². The smallest absolute Gasteiger partial charge is 0.407 e. The van der Waals surface area contributed by atoms with Crippen molar-refractivity contribution >= 4 is 23.0 Å². The topological polar surface area (TPSA) is 124 Å². The Balaban J connectivity index is 1.23. The molecule has 0 bridgehead atoms. The summed E-state index contributed by atoms with van der Waals surface area (Å²) in [6, 6.07) is 23.7. The van der Waals surface area contributed by atoms with Crippen LogP contribution in [0.1, 0.15) is 42.8 Å². The molecule has 1 amide bonds. The number of para-hydroxylation sites is 1. The fraction of sp³-hybridized carbons (Fsp3) is 0.257. The van der Waals surface area contributed by atoms with E-state index in [1.807, 2.05) is 67.7 Å². The zero-order chi connectivity index (χ0) is 31.1. The predicted octanol–water partition coefficient (Wildman–Crippen LogP) is 7.14. The van der Waals surface area contributed by atoms with Crippen molar-refractivity contribution in [3.05, 3.63) is 102 Å². The minimum absolute atomic E-state index is 0.0131. The number of nitrogens with one attached hydrogen (secondary N) is 1. The number of oxazole rings is 1. The van der Waals surface area contributed by atoms with Gasteiger partial charge in [0.15, 0.2) is 0 Å². The number of hydrogen-bond donors (Lipinski definition) is 2. The Kier molecular flexibility index (Phi) is 9.54. The summed E-state index contributed by atoms with van der Waals surface area (Å²) in [6.07, 6.45) is 1.91. The molecule has 2 aromatic heterocycles. The molecule has 226 valence electrons. The highest BCUT2D eigenvalue weighted by Gasteiger charge is 2.14. The van der Waals surface area contributed by atoms with E-state index in [4.69, 9.17) is 24.0 Å². The fourth-order valence-electron chi connectivity index (χ4n) is 4.95. The second-order valence-electron chi connectivity index (χ2n) is 10.7. The van der Waals surface area contributed by atoms with Crippen LogP contribution in [0.25, 0.3) is 33.5 Å². The van der Waals surface area contributed by atoms with Gasteiger partial charge in [0.1, 0.15) is 11.5 Å². The van der Waals surface area contributed by atoms with Gasteiger partial charge in [0, 0.05) is 36.5 Å². The van der Waals surface area contributed by atoms with E-state index in [-0.39, 0.29) is 19.1 Å². The van der Waals surface area contributed by atoms with Crippen LogP contribution in [-0.2, 0) is 28.9 Å². The molecule has 2 N–H and O–H groups in total. The minimum atomic E-state index is -0.885. The molecule has 0 saturated carbocycles. The Bertz CT molecular complexity index is 1760. The molecule has 2 heterocycles. The Hall–Kier alpha value is -5.18. The van der Waals surface area contributed by atoms with Gasteiger partial charge in [-0.2, -0.15) is 0 Å². The summed E-state index contributed by atoms with van der Waals surface area (Å²) < 4.78 is 17.2. The van der Waals surface area contributed by atoms with E-state index in [1.165, 1.54) is 0 Å². The molecular weight excluding hydrogens is 558 g/mol. The van der Waals surface area contributed by atoms with Crippen molar-refractivity contribution < 1.29 is 28.6 Å². The first-order chi connectivity index (χ1) is 21.3. The van der Waals surface area contributed by atoms with Crippen molar-refractivity contribution in [1.29, 1.82) is 0 Å². The maximum absolute atomic E-state index is 12.0. The second kappa shape index (κ2) is 13.9. The van der Waals surface area contributed by atoms with Crippen molar-refractivity contribution in [2.24, 2.45) is 0 Å². The van der Waals surface area contributed by atoms with Crippen LogP contribution in [0, 0.1) is 6.92 Å². The van der Waals surface area contributed by atoms with Gasteiger partial charge in [-0.1, -0.05) is 36.4 Å².